The average Bonchev–Trinajstić information content (AvgIpc) is 2.72. The van der Waals surface area contributed by atoms with E-state index in [9.17, 15) is 18.0 Å². The molecule has 2 aromatic rings. The van der Waals surface area contributed by atoms with Crippen LogP contribution in [-0.4, -0.2) is 20.5 Å². The van der Waals surface area contributed by atoms with Crippen LogP contribution in [-0.2, 0) is 19.6 Å². The van der Waals surface area contributed by atoms with Crippen LogP contribution in [0.2, 0.25) is 0 Å². The number of aryl methyl sites for hydroxylation is 1. The van der Waals surface area contributed by atoms with E-state index in [1.165, 1.54) is 19.4 Å². The summed E-state index contributed by atoms with van der Waals surface area (Å²) in [5.41, 5.74) is -0.428. The van der Waals surface area contributed by atoms with Crippen LogP contribution in [0.15, 0.2) is 30.6 Å². The minimum absolute atomic E-state index is 0.148. The summed E-state index contributed by atoms with van der Waals surface area (Å²) in [5.74, 6) is -0.301. The van der Waals surface area contributed by atoms with E-state index in [4.69, 9.17) is 0 Å². The van der Waals surface area contributed by atoms with Crippen molar-refractivity contribution in [3.8, 4) is 0 Å². The molecule has 2 rings (SSSR count). The lowest BCUT2D eigenvalue weighted by atomic mass is 10.1. The Kier molecular flexibility index (Phi) is 3.37. The Morgan fingerprint density at radius 2 is 2.16 bits per heavy atom. The first-order chi connectivity index (χ1) is 8.88. The van der Waals surface area contributed by atoms with Crippen molar-refractivity contribution >= 4 is 5.78 Å². The zero-order valence-corrected chi connectivity index (χ0v) is 9.98. The second kappa shape index (κ2) is 4.83. The third-order valence-electron chi connectivity index (χ3n) is 2.59. The van der Waals surface area contributed by atoms with E-state index in [0.29, 0.717) is 5.56 Å². The van der Waals surface area contributed by atoms with E-state index in [0.717, 1.165) is 10.7 Å². The lowest BCUT2D eigenvalue weighted by Gasteiger charge is -2.00. The Labute approximate surface area is 106 Å². The van der Waals surface area contributed by atoms with Crippen LogP contribution in [0.1, 0.15) is 21.7 Å². The Bertz CT molecular complexity index is 590. The molecular formula is C12H10F3N3O. The lowest BCUT2D eigenvalue weighted by Crippen LogP contribution is -2.08. The highest BCUT2D eigenvalue weighted by molar-refractivity contribution is 5.96. The predicted molar refractivity (Wildman–Crippen MR) is 60.5 cm³/mol. The van der Waals surface area contributed by atoms with E-state index in [2.05, 4.69) is 10.1 Å². The first-order valence-corrected chi connectivity index (χ1v) is 5.41. The molecule has 0 amide bonds. The smallest absolute Gasteiger partial charge is 0.294 e. The number of rotatable bonds is 3. The highest BCUT2D eigenvalue weighted by Crippen LogP contribution is 2.28. The largest absolute Gasteiger partial charge is 0.435 e. The molecule has 0 unspecified atom stereocenters. The van der Waals surface area contributed by atoms with Crippen molar-refractivity contribution in [1.82, 2.24) is 14.8 Å². The van der Waals surface area contributed by atoms with Crippen LogP contribution in [0.5, 0.6) is 0 Å². The zero-order valence-electron chi connectivity index (χ0n) is 9.98. The normalized spacial score (nSPS) is 11.6. The Hall–Kier alpha value is -2.18. The van der Waals surface area contributed by atoms with Gasteiger partial charge in [-0.15, -0.1) is 0 Å². The van der Waals surface area contributed by atoms with E-state index in [1.807, 2.05) is 0 Å². The van der Waals surface area contributed by atoms with Crippen molar-refractivity contribution in [2.75, 3.05) is 0 Å². The monoisotopic (exact) mass is 269 g/mol. The van der Waals surface area contributed by atoms with Crippen LogP contribution < -0.4 is 0 Å². The number of pyridine rings is 1. The molecule has 0 atom stereocenters. The number of hydrogen-bond donors (Lipinski definition) is 0. The van der Waals surface area contributed by atoms with Crippen LogP contribution in [0.3, 0.4) is 0 Å². The predicted octanol–water partition coefficient (Wildman–Crippen LogP) is 2.26. The number of carbonyl (C=O) groups excluding carboxylic acids is 1. The van der Waals surface area contributed by atoms with Gasteiger partial charge < -0.3 is 0 Å². The molecule has 0 aromatic carbocycles. The van der Waals surface area contributed by atoms with Crippen molar-refractivity contribution in [3.63, 3.8) is 0 Å². The molecule has 0 bridgehead atoms. The summed E-state index contributed by atoms with van der Waals surface area (Å²) < 4.78 is 38.5. The summed E-state index contributed by atoms with van der Waals surface area (Å²) in [7, 11) is 1.38. The molecule has 0 aliphatic carbocycles. The van der Waals surface area contributed by atoms with Crippen LogP contribution in [0.25, 0.3) is 0 Å². The van der Waals surface area contributed by atoms with Crippen molar-refractivity contribution in [2.45, 2.75) is 12.6 Å². The first kappa shape index (κ1) is 13.3. The van der Waals surface area contributed by atoms with Gasteiger partial charge in [0.25, 0.3) is 0 Å². The Morgan fingerprint density at radius 3 is 2.68 bits per heavy atom. The maximum Gasteiger partial charge on any atom is 0.435 e. The van der Waals surface area contributed by atoms with E-state index in [-0.39, 0.29) is 17.9 Å². The van der Waals surface area contributed by atoms with Gasteiger partial charge in [-0.3, -0.25) is 14.5 Å². The second-order valence-corrected chi connectivity index (χ2v) is 3.98. The fourth-order valence-electron chi connectivity index (χ4n) is 1.60. The minimum Gasteiger partial charge on any atom is -0.294 e. The molecule has 0 aliphatic heterocycles. The number of ketones is 1. The molecule has 2 heterocycles. The summed E-state index contributed by atoms with van der Waals surface area (Å²) in [6.45, 7) is 0. The van der Waals surface area contributed by atoms with Gasteiger partial charge in [0.2, 0.25) is 0 Å². The molecular weight excluding hydrogens is 259 g/mol. The molecule has 0 saturated carbocycles. The van der Waals surface area contributed by atoms with Crippen molar-refractivity contribution in [1.29, 1.82) is 0 Å². The quantitative estimate of drug-likeness (QED) is 0.803. The summed E-state index contributed by atoms with van der Waals surface area (Å²) in [4.78, 5) is 15.7. The SMILES string of the molecule is Cn1nc(C(F)(F)F)cc1CC(=O)c1cccnc1. The number of Topliss-reactive ketones (excluding diaryl/α,β-unsaturated/α-hetero) is 1. The standard InChI is InChI=1S/C12H10F3N3O/c1-18-9(6-11(17-18)12(13,14)15)5-10(19)8-3-2-4-16-7-8/h2-4,6-7H,5H2,1H3. The van der Waals surface area contributed by atoms with Crippen LogP contribution >= 0.6 is 0 Å². The summed E-state index contributed by atoms with van der Waals surface area (Å²) in [6, 6.07) is 4.04. The Balaban J connectivity index is 2.21. The second-order valence-electron chi connectivity index (χ2n) is 3.98. The van der Waals surface area contributed by atoms with Gasteiger partial charge in [0.05, 0.1) is 6.42 Å². The number of nitrogens with zero attached hydrogens (tertiary/aromatic N) is 3. The molecule has 0 radical (unpaired) electrons. The molecule has 0 N–H and O–H groups in total. The number of carbonyl (C=O) groups is 1. The van der Waals surface area contributed by atoms with Gasteiger partial charge in [0, 0.05) is 30.7 Å². The highest BCUT2D eigenvalue weighted by Gasteiger charge is 2.34. The van der Waals surface area contributed by atoms with Gasteiger partial charge >= 0.3 is 6.18 Å². The van der Waals surface area contributed by atoms with E-state index in [1.54, 1.807) is 12.1 Å². The maximum absolute atomic E-state index is 12.5. The minimum atomic E-state index is -4.51. The highest BCUT2D eigenvalue weighted by atomic mass is 19.4. The number of hydrogen-bond acceptors (Lipinski definition) is 3. The van der Waals surface area contributed by atoms with Gasteiger partial charge in [-0.05, 0) is 18.2 Å². The average molecular weight is 269 g/mol. The summed E-state index contributed by atoms with van der Waals surface area (Å²) >= 11 is 0. The van der Waals surface area contributed by atoms with Gasteiger partial charge in [-0.2, -0.15) is 18.3 Å². The van der Waals surface area contributed by atoms with Gasteiger partial charge in [0.15, 0.2) is 11.5 Å². The topological polar surface area (TPSA) is 47.8 Å². The zero-order chi connectivity index (χ0) is 14.0. The fourth-order valence-corrected chi connectivity index (χ4v) is 1.60. The molecule has 2 aromatic heterocycles. The van der Waals surface area contributed by atoms with Gasteiger partial charge in [-0.1, -0.05) is 0 Å². The van der Waals surface area contributed by atoms with Crippen molar-refractivity contribution in [2.24, 2.45) is 7.05 Å². The molecule has 0 aliphatic rings. The maximum atomic E-state index is 12.5. The molecule has 0 saturated heterocycles. The van der Waals surface area contributed by atoms with Gasteiger partial charge in [-0.25, -0.2) is 0 Å². The molecule has 4 nitrogen and oxygen atoms in total. The molecule has 100 valence electrons. The summed E-state index contributed by atoms with van der Waals surface area (Å²) in [5, 5.41) is 3.35. The molecule has 19 heavy (non-hydrogen) atoms. The third-order valence-corrected chi connectivity index (χ3v) is 2.59. The third kappa shape index (κ3) is 2.98. The first-order valence-electron chi connectivity index (χ1n) is 5.41. The van der Waals surface area contributed by atoms with Crippen LogP contribution in [0, 0.1) is 0 Å². The molecule has 0 fully saturated rings. The lowest BCUT2D eigenvalue weighted by molar-refractivity contribution is -0.141. The van der Waals surface area contributed by atoms with Gasteiger partial charge in [0.1, 0.15) is 0 Å². The van der Waals surface area contributed by atoms with Crippen LogP contribution in [0.4, 0.5) is 13.2 Å². The molecule has 7 heteroatoms. The van der Waals surface area contributed by atoms with E-state index >= 15 is 0 Å². The Morgan fingerprint density at radius 1 is 1.42 bits per heavy atom. The fraction of sp³-hybridized carbons (Fsp3) is 0.250. The van der Waals surface area contributed by atoms with Crippen molar-refractivity contribution in [3.05, 3.63) is 47.5 Å². The number of alkyl halides is 3. The molecule has 0 spiro atoms. The van der Waals surface area contributed by atoms with Crippen molar-refractivity contribution < 1.29 is 18.0 Å². The van der Waals surface area contributed by atoms with E-state index < -0.39 is 11.9 Å². The number of halogens is 3. The number of aromatic nitrogens is 3. The summed E-state index contributed by atoms with van der Waals surface area (Å²) in [6.07, 6.45) is -1.76.